The van der Waals surface area contributed by atoms with Gasteiger partial charge in [-0.2, -0.15) is 0 Å². The number of esters is 3. The summed E-state index contributed by atoms with van der Waals surface area (Å²) in [6.45, 7) is 6.24. The van der Waals surface area contributed by atoms with Crippen molar-refractivity contribution < 1.29 is 28.6 Å². The Labute approximate surface area is 344 Å². The Balaban J connectivity index is 4.45. The molecule has 0 N–H and O–H groups in total. The van der Waals surface area contributed by atoms with Gasteiger partial charge in [0, 0.05) is 12.8 Å². The van der Waals surface area contributed by atoms with Crippen molar-refractivity contribution in [3.05, 3.63) is 85.1 Å². The Hall–Kier alpha value is -3.41. The quantitative estimate of drug-likeness (QED) is 0.0203. The molecular formula is C50H82O6. The molecule has 0 radical (unpaired) electrons. The highest BCUT2D eigenvalue weighted by molar-refractivity contribution is 5.72. The molecule has 0 aliphatic heterocycles. The summed E-state index contributed by atoms with van der Waals surface area (Å²) in [5.41, 5.74) is 0. The largest absolute Gasteiger partial charge is 0.462 e. The Kier molecular flexibility index (Phi) is 41.6. The Morgan fingerprint density at radius 3 is 1.43 bits per heavy atom. The van der Waals surface area contributed by atoms with Gasteiger partial charge in [0.25, 0.3) is 0 Å². The van der Waals surface area contributed by atoms with E-state index >= 15 is 0 Å². The van der Waals surface area contributed by atoms with Gasteiger partial charge in [-0.25, -0.2) is 0 Å². The van der Waals surface area contributed by atoms with E-state index in [1.807, 2.05) is 12.2 Å². The lowest BCUT2D eigenvalue weighted by Gasteiger charge is -2.18. The Morgan fingerprint density at radius 2 is 0.857 bits per heavy atom. The van der Waals surface area contributed by atoms with Gasteiger partial charge < -0.3 is 14.2 Å². The van der Waals surface area contributed by atoms with E-state index < -0.39 is 12.1 Å². The third kappa shape index (κ3) is 41.7. The average Bonchev–Trinajstić information content (AvgIpc) is 3.19. The van der Waals surface area contributed by atoms with Crippen LogP contribution in [0.2, 0.25) is 0 Å². The van der Waals surface area contributed by atoms with Gasteiger partial charge in [0.15, 0.2) is 6.10 Å². The predicted molar refractivity (Wildman–Crippen MR) is 237 cm³/mol. The Morgan fingerprint density at radius 1 is 0.411 bits per heavy atom. The number of carbonyl (C=O) groups excluding carboxylic acids is 3. The summed E-state index contributed by atoms with van der Waals surface area (Å²) in [5.74, 6) is -1.08. The van der Waals surface area contributed by atoms with Gasteiger partial charge in [-0.1, -0.05) is 183 Å². The first-order valence-corrected chi connectivity index (χ1v) is 22.6. The van der Waals surface area contributed by atoms with Crippen LogP contribution in [-0.4, -0.2) is 37.2 Å². The first-order chi connectivity index (χ1) is 27.5. The van der Waals surface area contributed by atoms with Crippen LogP contribution in [0.15, 0.2) is 85.1 Å². The van der Waals surface area contributed by atoms with Crippen molar-refractivity contribution in [2.75, 3.05) is 13.2 Å². The van der Waals surface area contributed by atoms with Gasteiger partial charge in [-0.15, -0.1) is 0 Å². The molecule has 1 unspecified atom stereocenters. The molecule has 0 saturated carbocycles. The molecule has 56 heavy (non-hydrogen) atoms. The van der Waals surface area contributed by atoms with Gasteiger partial charge in [0.1, 0.15) is 13.2 Å². The number of rotatable bonds is 39. The molecule has 0 saturated heterocycles. The lowest BCUT2D eigenvalue weighted by Crippen LogP contribution is -2.30. The molecular weight excluding hydrogens is 697 g/mol. The topological polar surface area (TPSA) is 78.9 Å². The molecule has 0 aliphatic rings. The normalized spacial score (nSPS) is 12.8. The summed E-state index contributed by atoms with van der Waals surface area (Å²) in [6, 6.07) is 0. The number of unbranched alkanes of at least 4 members (excludes halogenated alkanes) is 17. The van der Waals surface area contributed by atoms with Crippen molar-refractivity contribution in [1.82, 2.24) is 0 Å². The Bertz CT molecular complexity index is 1120. The molecule has 318 valence electrons. The third-order valence-corrected chi connectivity index (χ3v) is 9.21. The molecule has 0 heterocycles. The fraction of sp³-hybridized carbons (Fsp3) is 0.660. The molecule has 0 aromatic carbocycles. The molecule has 6 heteroatoms. The highest BCUT2D eigenvalue weighted by Crippen LogP contribution is 2.13. The number of hydrogen-bond donors (Lipinski definition) is 0. The smallest absolute Gasteiger partial charge is 0.309 e. The maximum Gasteiger partial charge on any atom is 0.309 e. The van der Waals surface area contributed by atoms with Gasteiger partial charge in [0.05, 0.1) is 6.42 Å². The molecule has 0 aromatic rings. The molecule has 6 nitrogen and oxygen atoms in total. The summed E-state index contributed by atoms with van der Waals surface area (Å²) in [7, 11) is 0. The zero-order valence-electron chi connectivity index (χ0n) is 36.1. The van der Waals surface area contributed by atoms with Crippen LogP contribution >= 0.6 is 0 Å². The number of ether oxygens (including phenoxy) is 3. The van der Waals surface area contributed by atoms with Crippen LogP contribution in [0.3, 0.4) is 0 Å². The fourth-order valence-corrected chi connectivity index (χ4v) is 5.85. The second-order valence-corrected chi connectivity index (χ2v) is 14.6. The van der Waals surface area contributed by atoms with Gasteiger partial charge >= 0.3 is 17.9 Å². The molecule has 0 spiro atoms. The van der Waals surface area contributed by atoms with E-state index in [9.17, 15) is 14.4 Å². The average molecular weight is 779 g/mol. The lowest BCUT2D eigenvalue weighted by atomic mass is 10.1. The molecule has 1 atom stereocenters. The monoisotopic (exact) mass is 779 g/mol. The standard InChI is InChI=1S/C50H82O6/c1-4-7-10-13-16-19-21-23-24-25-27-28-31-34-37-40-43-49(52)55-46-47(45-54-48(51)42-39-36-33-30-18-15-12-9-6-3)56-50(53)44-41-38-35-32-29-26-22-20-17-14-11-8-5-2/h8-9,11-12,14,17-18,20,22,24-25,30,36,39,47H,4-7,10,13,15-16,19,21,23,26-29,31-35,37-38,40-46H2,1-3H3/b11-8-,12-9-,17-14-,22-20-,25-24-,30-18-,39-36-. The van der Waals surface area contributed by atoms with Crippen molar-refractivity contribution in [2.45, 2.75) is 200 Å². The van der Waals surface area contributed by atoms with Crippen LogP contribution in [0.5, 0.6) is 0 Å². The van der Waals surface area contributed by atoms with Crippen molar-refractivity contribution in [2.24, 2.45) is 0 Å². The van der Waals surface area contributed by atoms with Crippen molar-refractivity contribution in [3.8, 4) is 0 Å². The van der Waals surface area contributed by atoms with Crippen molar-refractivity contribution in [3.63, 3.8) is 0 Å². The van der Waals surface area contributed by atoms with Gasteiger partial charge in [-0.3, -0.25) is 14.4 Å². The minimum Gasteiger partial charge on any atom is -0.462 e. The van der Waals surface area contributed by atoms with Crippen molar-refractivity contribution in [1.29, 1.82) is 0 Å². The van der Waals surface area contributed by atoms with E-state index in [2.05, 4.69) is 87.6 Å². The second kappa shape index (κ2) is 44.3. The zero-order chi connectivity index (χ0) is 40.8. The van der Waals surface area contributed by atoms with Gasteiger partial charge in [0.2, 0.25) is 0 Å². The number of carbonyl (C=O) groups is 3. The molecule has 0 aromatic heterocycles. The van der Waals surface area contributed by atoms with Crippen molar-refractivity contribution >= 4 is 17.9 Å². The van der Waals surface area contributed by atoms with Gasteiger partial charge in [-0.05, 0) is 77.0 Å². The predicted octanol–water partition coefficient (Wildman–Crippen LogP) is 14.5. The first-order valence-electron chi connectivity index (χ1n) is 22.6. The lowest BCUT2D eigenvalue weighted by molar-refractivity contribution is -0.166. The summed E-state index contributed by atoms with van der Waals surface area (Å²) >= 11 is 0. The van der Waals surface area contributed by atoms with Crippen LogP contribution in [0.25, 0.3) is 0 Å². The molecule has 0 aliphatic carbocycles. The molecule has 0 bridgehead atoms. The van der Waals surface area contributed by atoms with E-state index in [1.165, 1.54) is 57.8 Å². The van der Waals surface area contributed by atoms with E-state index in [0.717, 1.165) is 96.3 Å². The second-order valence-electron chi connectivity index (χ2n) is 14.6. The molecule has 0 amide bonds. The summed E-state index contributed by atoms with van der Waals surface area (Å²) in [6.07, 6.45) is 56.0. The highest BCUT2D eigenvalue weighted by Gasteiger charge is 2.19. The number of allylic oxidation sites excluding steroid dienone is 13. The van der Waals surface area contributed by atoms with E-state index in [1.54, 1.807) is 6.08 Å². The fourth-order valence-electron chi connectivity index (χ4n) is 5.85. The SMILES string of the molecule is CC\C=C/C=C\C=C/CCCCCCCC(=O)OC(COC(=O)C/C=C\C/C=C\C/C=C\CC)COC(=O)CCCCCCC/C=C\CCCCCCCCC. The summed E-state index contributed by atoms with van der Waals surface area (Å²) in [5, 5.41) is 0. The third-order valence-electron chi connectivity index (χ3n) is 9.21. The maximum atomic E-state index is 12.7. The highest BCUT2D eigenvalue weighted by atomic mass is 16.6. The summed E-state index contributed by atoms with van der Waals surface area (Å²) < 4.78 is 16.5. The molecule has 0 fully saturated rings. The zero-order valence-corrected chi connectivity index (χ0v) is 36.1. The minimum absolute atomic E-state index is 0.117. The van der Waals surface area contributed by atoms with Crippen LogP contribution in [-0.2, 0) is 28.6 Å². The van der Waals surface area contributed by atoms with Crippen LogP contribution in [0, 0.1) is 0 Å². The maximum absolute atomic E-state index is 12.7. The molecule has 0 rings (SSSR count). The van der Waals surface area contributed by atoms with E-state index in [4.69, 9.17) is 14.2 Å². The van der Waals surface area contributed by atoms with Crippen LogP contribution < -0.4 is 0 Å². The van der Waals surface area contributed by atoms with E-state index in [0.29, 0.717) is 6.42 Å². The van der Waals surface area contributed by atoms with E-state index in [-0.39, 0.29) is 38.0 Å². The van der Waals surface area contributed by atoms with Crippen LogP contribution in [0.1, 0.15) is 194 Å². The minimum atomic E-state index is -0.823. The van der Waals surface area contributed by atoms with Crippen LogP contribution in [0.4, 0.5) is 0 Å². The summed E-state index contributed by atoms with van der Waals surface area (Å²) in [4.78, 5) is 37.6. The number of hydrogen-bond acceptors (Lipinski definition) is 6. The first kappa shape index (κ1) is 52.6.